The smallest absolute Gasteiger partial charge is 0.225 e. The first-order valence-corrected chi connectivity index (χ1v) is 2.95. The van der Waals surface area contributed by atoms with Crippen molar-refractivity contribution in [1.29, 1.82) is 0 Å². The van der Waals surface area contributed by atoms with Gasteiger partial charge in [-0.2, -0.15) is 0 Å². The van der Waals surface area contributed by atoms with Gasteiger partial charge >= 0.3 is 0 Å². The third kappa shape index (κ3) is 7.37. The average molecular weight is 126 g/mol. The third-order valence-corrected chi connectivity index (χ3v) is 0.929. The Bertz CT molecular complexity index is 97.1. The quantitative estimate of drug-likeness (QED) is 0.514. The SMILES string of the molecule is CN(C)CCC=C[C]=O. The van der Waals surface area contributed by atoms with Gasteiger partial charge in [-0.3, -0.25) is 4.79 Å². The minimum absolute atomic E-state index is 0.919. The van der Waals surface area contributed by atoms with Crippen molar-refractivity contribution in [3.63, 3.8) is 0 Å². The Hall–Kier alpha value is -0.630. The van der Waals surface area contributed by atoms with Crippen molar-refractivity contribution >= 4 is 6.29 Å². The zero-order valence-corrected chi connectivity index (χ0v) is 5.92. The van der Waals surface area contributed by atoms with Crippen LogP contribution in [0, 0.1) is 0 Å². The molecule has 0 fully saturated rings. The van der Waals surface area contributed by atoms with E-state index < -0.39 is 0 Å². The summed E-state index contributed by atoms with van der Waals surface area (Å²) in [5.41, 5.74) is 0. The molecule has 0 spiro atoms. The summed E-state index contributed by atoms with van der Waals surface area (Å²) in [5.74, 6) is 0. The van der Waals surface area contributed by atoms with Gasteiger partial charge in [-0.05, 0) is 26.6 Å². The van der Waals surface area contributed by atoms with E-state index in [0.717, 1.165) is 13.0 Å². The van der Waals surface area contributed by atoms with Crippen LogP contribution in [-0.4, -0.2) is 31.8 Å². The Morgan fingerprint density at radius 3 is 2.67 bits per heavy atom. The van der Waals surface area contributed by atoms with Crippen molar-refractivity contribution in [1.82, 2.24) is 4.90 Å². The van der Waals surface area contributed by atoms with Crippen LogP contribution in [0.3, 0.4) is 0 Å². The topological polar surface area (TPSA) is 20.3 Å². The maximum absolute atomic E-state index is 9.62. The molecule has 9 heavy (non-hydrogen) atoms. The van der Waals surface area contributed by atoms with Gasteiger partial charge in [0, 0.05) is 6.54 Å². The average Bonchev–Trinajstić information content (AvgIpc) is 1.80. The van der Waals surface area contributed by atoms with E-state index >= 15 is 0 Å². The van der Waals surface area contributed by atoms with Gasteiger partial charge in [0.2, 0.25) is 6.29 Å². The van der Waals surface area contributed by atoms with E-state index in [4.69, 9.17) is 0 Å². The van der Waals surface area contributed by atoms with Crippen molar-refractivity contribution in [2.24, 2.45) is 0 Å². The Morgan fingerprint density at radius 1 is 1.56 bits per heavy atom. The highest BCUT2D eigenvalue weighted by atomic mass is 16.1. The number of hydrogen-bond donors (Lipinski definition) is 0. The molecule has 1 radical (unpaired) electrons. The molecule has 51 valence electrons. The maximum Gasteiger partial charge on any atom is 0.225 e. The molecule has 0 aliphatic rings. The minimum atomic E-state index is 0.919. The van der Waals surface area contributed by atoms with Crippen LogP contribution >= 0.6 is 0 Å². The second kappa shape index (κ2) is 5.51. The van der Waals surface area contributed by atoms with E-state index in [1.165, 1.54) is 6.08 Å². The number of rotatable bonds is 4. The monoisotopic (exact) mass is 126 g/mol. The maximum atomic E-state index is 9.62. The van der Waals surface area contributed by atoms with Gasteiger partial charge in [-0.1, -0.05) is 6.08 Å². The highest BCUT2D eigenvalue weighted by molar-refractivity contribution is 5.65. The first kappa shape index (κ1) is 8.37. The molecular weight excluding hydrogens is 114 g/mol. The van der Waals surface area contributed by atoms with Crippen molar-refractivity contribution in [2.75, 3.05) is 20.6 Å². The fourth-order valence-corrected chi connectivity index (χ4v) is 0.464. The summed E-state index contributed by atoms with van der Waals surface area (Å²) in [6.45, 7) is 0.984. The minimum Gasteiger partial charge on any atom is -0.309 e. The zero-order valence-electron chi connectivity index (χ0n) is 5.92. The van der Waals surface area contributed by atoms with E-state index in [2.05, 4.69) is 4.90 Å². The molecule has 0 bridgehead atoms. The molecule has 0 saturated carbocycles. The lowest BCUT2D eigenvalue weighted by molar-refractivity contribution is 0.417. The molecule has 0 unspecified atom stereocenters. The lowest BCUT2D eigenvalue weighted by Crippen LogP contribution is -2.11. The van der Waals surface area contributed by atoms with Crippen molar-refractivity contribution < 1.29 is 4.79 Å². The van der Waals surface area contributed by atoms with E-state index in [-0.39, 0.29) is 0 Å². The highest BCUT2D eigenvalue weighted by Crippen LogP contribution is 1.83. The molecule has 2 nitrogen and oxygen atoms in total. The number of nitrogens with zero attached hydrogens (tertiary/aromatic N) is 1. The summed E-state index contributed by atoms with van der Waals surface area (Å²) in [7, 11) is 4.00. The zero-order chi connectivity index (χ0) is 7.11. The molecule has 2 heteroatoms. The summed E-state index contributed by atoms with van der Waals surface area (Å²) >= 11 is 0. The van der Waals surface area contributed by atoms with Gasteiger partial charge in [-0.15, -0.1) is 0 Å². The largest absolute Gasteiger partial charge is 0.309 e. The van der Waals surface area contributed by atoms with Crippen LogP contribution in [0.15, 0.2) is 12.2 Å². The van der Waals surface area contributed by atoms with E-state index in [1.54, 1.807) is 6.29 Å². The molecule has 0 N–H and O–H groups in total. The lowest BCUT2D eigenvalue weighted by atomic mass is 10.4. The highest BCUT2D eigenvalue weighted by Gasteiger charge is 1.83. The second-order valence-electron chi connectivity index (χ2n) is 2.11. The normalized spacial score (nSPS) is 11.0. The Balaban J connectivity index is 3.08. The van der Waals surface area contributed by atoms with Crippen LogP contribution in [0.1, 0.15) is 6.42 Å². The Morgan fingerprint density at radius 2 is 2.22 bits per heavy atom. The number of carbonyl (C=O) groups excluding carboxylic acids is 1. The molecule has 0 saturated heterocycles. The van der Waals surface area contributed by atoms with Gasteiger partial charge < -0.3 is 4.90 Å². The number of allylic oxidation sites excluding steroid dienone is 1. The molecule has 0 rings (SSSR count). The van der Waals surface area contributed by atoms with E-state index in [0.29, 0.717) is 0 Å². The fourth-order valence-electron chi connectivity index (χ4n) is 0.464. The summed E-state index contributed by atoms with van der Waals surface area (Å²) in [6.07, 6.45) is 5.83. The molecule has 0 aromatic carbocycles. The fraction of sp³-hybridized carbons (Fsp3) is 0.571. The number of hydrogen-bond acceptors (Lipinski definition) is 2. The first-order valence-electron chi connectivity index (χ1n) is 2.95. The predicted octanol–water partition coefficient (Wildman–Crippen LogP) is 0.604. The van der Waals surface area contributed by atoms with Crippen LogP contribution in [0.4, 0.5) is 0 Å². The lowest BCUT2D eigenvalue weighted by Gasteiger charge is -2.04. The third-order valence-electron chi connectivity index (χ3n) is 0.929. The van der Waals surface area contributed by atoms with Crippen LogP contribution in [0.25, 0.3) is 0 Å². The van der Waals surface area contributed by atoms with Gasteiger partial charge in [-0.25, -0.2) is 0 Å². The Kier molecular flexibility index (Phi) is 5.12. The summed E-state index contributed by atoms with van der Waals surface area (Å²) in [6, 6.07) is 0. The Labute approximate surface area is 56.2 Å². The van der Waals surface area contributed by atoms with Crippen LogP contribution in [-0.2, 0) is 4.79 Å². The van der Waals surface area contributed by atoms with Crippen molar-refractivity contribution in [3.8, 4) is 0 Å². The molecule has 0 heterocycles. The predicted molar refractivity (Wildman–Crippen MR) is 38.0 cm³/mol. The standard InChI is InChI=1S/C7H12NO/c1-8(2)6-4-3-5-7-9/h3,5H,4,6H2,1-2H3. The van der Waals surface area contributed by atoms with Gasteiger partial charge in [0.05, 0.1) is 0 Å². The molecule has 0 aromatic rings. The van der Waals surface area contributed by atoms with Gasteiger partial charge in [0.15, 0.2) is 0 Å². The van der Waals surface area contributed by atoms with Gasteiger partial charge in [0.25, 0.3) is 0 Å². The molecule has 0 amide bonds. The summed E-state index contributed by atoms with van der Waals surface area (Å²) in [4.78, 5) is 11.7. The van der Waals surface area contributed by atoms with Crippen LogP contribution in [0.2, 0.25) is 0 Å². The molecule has 0 atom stereocenters. The summed E-state index contributed by atoms with van der Waals surface area (Å²) in [5, 5.41) is 0. The summed E-state index contributed by atoms with van der Waals surface area (Å²) < 4.78 is 0. The van der Waals surface area contributed by atoms with Crippen LogP contribution in [0.5, 0.6) is 0 Å². The molecule has 0 aromatic heterocycles. The second-order valence-corrected chi connectivity index (χ2v) is 2.11. The molecule has 0 aliphatic carbocycles. The molecule has 0 aliphatic heterocycles. The van der Waals surface area contributed by atoms with Crippen LogP contribution < -0.4 is 0 Å². The van der Waals surface area contributed by atoms with Gasteiger partial charge in [0.1, 0.15) is 0 Å². The molecular formula is C7H12NO. The van der Waals surface area contributed by atoms with E-state index in [9.17, 15) is 4.79 Å². The first-order chi connectivity index (χ1) is 4.27. The van der Waals surface area contributed by atoms with Crippen molar-refractivity contribution in [2.45, 2.75) is 6.42 Å². The van der Waals surface area contributed by atoms with Crippen molar-refractivity contribution in [3.05, 3.63) is 12.2 Å². The van der Waals surface area contributed by atoms with E-state index in [1.807, 2.05) is 20.2 Å².